The SMILES string of the molecule is O=C(NC1(CO)CC1)c1c[nH]ccc1=O. The van der Waals surface area contributed by atoms with Gasteiger partial charge in [-0.2, -0.15) is 0 Å². The highest BCUT2D eigenvalue weighted by molar-refractivity contribution is 5.94. The average Bonchev–Trinajstić information content (AvgIpc) is 2.99. The molecule has 1 heterocycles. The molecule has 0 radical (unpaired) electrons. The number of aromatic amines is 1. The lowest BCUT2D eigenvalue weighted by molar-refractivity contribution is 0.0905. The van der Waals surface area contributed by atoms with Crippen LogP contribution in [0.2, 0.25) is 0 Å². The van der Waals surface area contributed by atoms with Gasteiger partial charge in [-0.3, -0.25) is 9.59 Å². The second-order valence-electron chi connectivity index (χ2n) is 3.81. The fourth-order valence-electron chi connectivity index (χ4n) is 1.38. The lowest BCUT2D eigenvalue weighted by Crippen LogP contribution is -2.41. The summed E-state index contributed by atoms with van der Waals surface area (Å²) in [6.45, 7) is -0.0799. The monoisotopic (exact) mass is 208 g/mol. The zero-order valence-corrected chi connectivity index (χ0v) is 8.12. The first-order chi connectivity index (χ1) is 7.17. The molecule has 15 heavy (non-hydrogen) atoms. The molecule has 1 aromatic rings. The Labute approximate surface area is 86.1 Å². The van der Waals surface area contributed by atoms with E-state index in [1.54, 1.807) is 0 Å². The van der Waals surface area contributed by atoms with Crippen molar-refractivity contribution in [1.29, 1.82) is 0 Å². The number of H-pyrrole nitrogens is 1. The van der Waals surface area contributed by atoms with Gasteiger partial charge in [-0.25, -0.2) is 0 Å². The van der Waals surface area contributed by atoms with Gasteiger partial charge in [-0.15, -0.1) is 0 Å². The van der Waals surface area contributed by atoms with E-state index < -0.39 is 11.4 Å². The van der Waals surface area contributed by atoms with E-state index in [0.29, 0.717) is 0 Å². The molecule has 1 aliphatic rings. The Bertz CT molecular complexity index is 434. The van der Waals surface area contributed by atoms with Crippen molar-refractivity contribution in [2.24, 2.45) is 0 Å². The minimum atomic E-state index is -0.487. The summed E-state index contributed by atoms with van der Waals surface area (Å²) < 4.78 is 0. The van der Waals surface area contributed by atoms with Crippen LogP contribution in [-0.2, 0) is 0 Å². The van der Waals surface area contributed by atoms with Crippen LogP contribution in [0.5, 0.6) is 0 Å². The summed E-state index contributed by atoms with van der Waals surface area (Å²) in [4.78, 5) is 25.6. The van der Waals surface area contributed by atoms with E-state index in [4.69, 9.17) is 5.11 Å². The van der Waals surface area contributed by atoms with Crippen molar-refractivity contribution < 1.29 is 9.90 Å². The first-order valence-corrected chi connectivity index (χ1v) is 4.77. The molecule has 0 aromatic carbocycles. The maximum absolute atomic E-state index is 11.6. The normalized spacial score (nSPS) is 17.1. The largest absolute Gasteiger partial charge is 0.394 e. The van der Waals surface area contributed by atoms with Crippen LogP contribution in [0.4, 0.5) is 0 Å². The van der Waals surface area contributed by atoms with Crippen LogP contribution in [0.25, 0.3) is 0 Å². The highest BCUT2D eigenvalue weighted by Gasteiger charge is 2.43. The first kappa shape index (κ1) is 9.92. The maximum atomic E-state index is 11.6. The molecular formula is C10H12N2O3. The van der Waals surface area contributed by atoms with Crippen molar-refractivity contribution in [2.75, 3.05) is 6.61 Å². The van der Waals surface area contributed by atoms with Crippen molar-refractivity contribution in [2.45, 2.75) is 18.4 Å². The second-order valence-corrected chi connectivity index (χ2v) is 3.81. The fraction of sp³-hybridized carbons (Fsp3) is 0.400. The molecule has 1 aliphatic carbocycles. The summed E-state index contributed by atoms with van der Waals surface area (Å²) in [5, 5.41) is 11.7. The van der Waals surface area contributed by atoms with Crippen LogP contribution in [0.1, 0.15) is 23.2 Å². The van der Waals surface area contributed by atoms with Crippen molar-refractivity contribution in [1.82, 2.24) is 10.3 Å². The van der Waals surface area contributed by atoms with Crippen LogP contribution in [0.15, 0.2) is 23.3 Å². The third kappa shape index (κ3) is 1.92. The third-order valence-corrected chi connectivity index (χ3v) is 2.60. The lowest BCUT2D eigenvalue weighted by Gasteiger charge is -2.13. The minimum absolute atomic E-state index is 0.0799. The van der Waals surface area contributed by atoms with Gasteiger partial charge in [0.2, 0.25) is 0 Å². The molecule has 0 aliphatic heterocycles. The van der Waals surface area contributed by atoms with Gasteiger partial charge in [0.15, 0.2) is 5.43 Å². The zero-order valence-electron chi connectivity index (χ0n) is 8.12. The molecule has 80 valence electrons. The Morgan fingerprint density at radius 3 is 2.87 bits per heavy atom. The molecule has 1 aromatic heterocycles. The summed E-state index contributed by atoms with van der Waals surface area (Å²) >= 11 is 0. The summed E-state index contributed by atoms with van der Waals surface area (Å²) in [6, 6.07) is 1.30. The number of aromatic nitrogens is 1. The maximum Gasteiger partial charge on any atom is 0.257 e. The predicted octanol–water partition coefficient (Wildman–Crippen LogP) is -0.370. The van der Waals surface area contributed by atoms with Crippen molar-refractivity contribution >= 4 is 5.91 Å². The second kappa shape index (κ2) is 3.51. The topological polar surface area (TPSA) is 82.2 Å². The summed E-state index contributed by atoms with van der Waals surface area (Å²) in [6.07, 6.45) is 4.36. The van der Waals surface area contributed by atoms with Crippen molar-refractivity contribution in [3.05, 3.63) is 34.2 Å². The first-order valence-electron chi connectivity index (χ1n) is 4.77. The number of pyridine rings is 1. The zero-order chi connectivity index (χ0) is 10.9. The number of aliphatic hydroxyl groups excluding tert-OH is 1. The van der Waals surface area contributed by atoms with Crippen LogP contribution in [0.3, 0.4) is 0 Å². The Morgan fingerprint density at radius 1 is 1.60 bits per heavy atom. The van der Waals surface area contributed by atoms with Gasteiger partial charge in [0.05, 0.1) is 12.1 Å². The van der Waals surface area contributed by atoms with Crippen molar-refractivity contribution in [3.8, 4) is 0 Å². The molecule has 1 amide bonds. The molecule has 1 saturated carbocycles. The number of carbonyl (C=O) groups is 1. The Balaban J connectivity index is 2.15. The van der Waals surface area contributed by atoms with Gasteiger partial charge in [-0.05, 0) is 12.8 Å². The fourth-order valence-corrected chi connectivity index (χ4v) is 1.38. The molecular weight excluding hydrogens is 196 g/mol. The van der Waals surface area contributed by atoms with Crippen LogP contribution < -0.4 is 10.7 Å². The number of aliphatic hydroxyl groups is 1. The van der Waals surface area contributed by atoms with Gasteiger partial charge in [-0.1, -0.05) is 0 Å². The van der Waals surface area contributed by atoms with Gasteiger partial charge in [0, 0.05) is 18.5 Å². The summed E-state index contributed by atoms with van der Waals surface area (Å²) in [7, 11) is 0. The minimum Gasteiger partial charge on any atom is -0.394 e. The molecule has 0 atom stereocenters. The number of hydrogen-bond donors (Lipinski definition) is 3. The Morgan fingerprint density at radius 2 is 2.33 bits per heavy atom. The number of hydrogen-bond acceptors (Lipinski definition) is 3. The summed E-state index contributed by atoms with van der Waals surface area (Å²) in [5.74, 6) is -0.427. The molecule has 3 N–H and O–H groups in total. The smallest absolute Gasteiger partial charge is 0.257 e. The summed E-state index contributed by atoms with van der Waals surface area (Å²) in [5.41, 5.74) is -0.725. The number of nitrogens with one attached hydrogen (secondary N) is 2. The molecule has 0 bridgehead atoms. The molecule has 5 nitrogen and oxygen atoms in total. The Kier molecular flexibility index (Phi) is 2.32. The standard InChI is InChI=1S/C10H12N2O3/c13-6-10(2-3-10)12-9(15)7-5-11-4-1-8(7)14/h1,4-5,13H,2-3,6H2,(H,11,14)(H,12,15). The average molecular weight is 208 g/mol. The van der Waals surface area contributed by atoms with Crippen LogP contribution in [0, 0.1) is 0 Å². The van der Waals surface area contributed by atoms with E-state index in [0.717, 1.165) is 12.8 Å². The highest BCUT2D eigenvalue weighted by Crippen LogP contribution is 2.34. The van der Waals surface area contributed by atoms with E-state index in [1.165, 1.54) is 18.5 Å². The van der Waals surface area contributed by atoms with Crippen LogP contribution in [-0.4, -0.2) is 28.1 Å². The van der Waals surface area contributed by atoms with Crippen LogP contribution >= 0.6 is 0 Å². The van der Waals surface area contributed by atoms with Crippen molar-refractivity contribution in [3.63, 3.8) is 0 Å². The van der Waals surface area contributed by atoms with Gasteiger partial charge in [0.25, 0.3) is 5.91 Å². The molecule has 5 heteroatoms. The molecule has 0 unspecified atom stereocenters. The van der Waals surface area contributed by atoms with Gasteiger partial charge < -0.3 is 15.4 Å². The molecule has 0 spiro atoms. The van der Waals surface area contributed by atoms with Gasteiger partial charge in [0.1, 0.15) is 5.56 Å². The molecule has 0 saturated heterocycles. The van der Waals surface area contributed by atoms with E-state index in [9.17, 15) is 9.59 Å². The Hall–Kier alpha value is -1.62. The quantitative estimate of drug-likeness (QED) is 0.633. The lowest BCUT2D eigenvalue weighted by atomic mass is 10.2. The number of amides is 1. The number of carbonyl (C=O) groups excluding carboxylic acids is 1. The highest BCUT2D eigenvalue weighted by atomic mass is 16.3. The van der Waals surface area contributed by atoms with E-state index in [2.05, 4.69) is 10.3 Å². The number of rotatable bonds is 3. The molecule has 1 fully saturated rings. The van der Waals surface area contributed by atoms with Gasteiger partial charge >= 0.3 is 0 Å². The van der Waals surface area contributed by atoms with E-state index >= 15 is 0 Å². The van der Waals surface area contributed by atoms with E-state index in [1.807, 2.05) is 0 Å². The third-order valence-electron chi connectivity index (χ3n) is 2.60. The molecule has 2 rings (SSSR count). The van der Waals surface area contributed by atoms with E-state index in [-0.39, 0.29) is 17.6 Å². The predicted molar refractivity (Wildman–Crippen MR) is 53.6 cm³/mol.